The van der Waals surface area contributed by atoms with Gasteiger partial charge in [-0.25, -0.2) is 10.7 Å². The van der Waals surface area contributed by atoms with Gasteiger partial charge in [0.05, 0.1) is 12.2 Å². The number of aliphatic carboxylic acids is 1. The fourth-order valence-electron chi connectivity index (χ4n) is 1.83. The van der Waals surface area contributed by atoms with Crippen molar-refractivity contribution in [1.82, 2.24) is 0 Å². The number of hydrogen-bond donors (Lipinski definition) is 2. The maximum atomic E-state index is 10.9. The first-order valence-corrected chi connectivity index (χ1v) is 4.27. The number of hydrogen-bond acceptors (Lipinski definition) is 4. The van der Waals surface area contributed by atoms with E-state index < -0.39 is 11.6 Å². The molecule has 5 nitrogen and oxygen atoms in total. The zero-order valence-corrected chi connectivity index (χ0v) is 7.82. The molecule has 0 radical (unpaired) electrons. The van der Waals surface area contributed by atoms with Gasteiger partial charge in [-0.2, -0.15) is 0 Å². The van der Waals surface area contributed by atoms with Crippen LogP contribution < -0.4 is 5.90 Å². The van der Waals surface area contributed by atoms with Crippen molar-refractivity contribution < 1.29 is 19.5 Å². The van der Waals surface area contributed by atoms with Gasteiger partial charge in [0.25, 0.3) is 0 Å². The molecule has 0 aromatic carbocycles. The topological polar surface area (TPSA) is 81.8 Å². The van der Waals surface area contributed by atoms with Crippen LogP contribution in [0.2, 0.25) is 0 Å². The van der Waals surface area contributed by atoms with Crippen molar-refractivity contribution in [3.63, 3.8) is 0 Å². The van der Waals surface area contributed by atoms with Gasteiger partial charge in [-0.1, -0.05) is 0 Å². The zero-order valence-electron chi connectivity index (χ0n) is 7.82. The summed E-state index contributed by atoms with van der Waals surface area (Å²) in [6, 6.07) is 0. The van der Waals surface area contributed by atoms with Gasteiger partial charge in [0.15, 0.2) is 5.60 Å². The molecule has 0 saturated carbocycles. The summed E-state index contributed by atoms with van der Waals surface area (Å²) in [6.45, 7) is 3.62. The molecule has 1 fully saturated rings. The molecular weight excluding hydrogens is 174 g/mol. The van der Waals surface area contributed by atoms with Crippen molar-refractivity contribution in [3.05, 3.63) is 0 Å². The van der Waals surface area contributed by atoms with E-state index in [9.17, 15) is 4.79 Å². The summed E-state index contributed by atoms with van der Waals surface area (Å²) >= 11 is 0. The molecule has 1 aliphatic rings. The summed E-state index contributed by atoms with van der Waals surface area (Å²) in [4.78, 5) is 15.5. The molecule has 0 aromatic rings. The summed E-state index contributed by atoms with van der Waals surface area (Å²) in [6.07, 6.45) is 0.318. The summed E-state index contributed by atoms with van der Waals surface area (Å²) in [5.41, 5.74) is -1.27. The molecule has 0 amide bonds. The number of carboxylic acid groups (broad SMARTS) is 1. The van der Waals surface area contributed by atoms with Crippen LogP contribution in [0.3, 0.4) is 0 Å². The average molecular weight is 189 g/mol. The van der Waals surface area contributed by atoms with E-state index in [1.165, 1.54) is 0 Å². The van der Waals surface area contributed by atoms with E-state index in [1.807, 2.05) is 13.8 Å². The standard InChI is InChI=1S/C8H15NO4/c1-5-3-8(13-9,7(10)11)4-6(2)12-5/h5-6H,3-4,9H2,1-2H3,(H,10,11)/t5-,6-/m1/s1. The van der Waals surface area contributed by atoms with E-state index in [0.29, 0.717) is 12.8 Å². The van der Waals surface area contributed by atoms with Crippen LogP contribution in [-0.2, 0) is 14.4 Å². The number of nitrogens with two attached hydrogens (primary N) is 1. The van der Waals surface area contributed by atoms with Gasteiger partial charge < -0.3 is 9.84 Å². The second-order valence-electron chi connectivity index (χ2n) is 3.58. The van der Waals surface area contributed by atoms with Gasteiger partial charge in [-0.3, -0.25) is 4.84 Å². The lowest BCUT2D eigenvalue weighted by atomic mass is 9.88. The predicted molar refractivity (Wildman–Crippen MR) is 44.9 cm³/mol. The quantitative estimate of drug-likeness (QED) is 0.610. The van der Waals surface area contributed by atoms with Crippen molar-refractivity contribution in [2.45, 2.75) is 44.5 Å². The lowest BCUT2D eigenvalue weighted by Gasteiger charge is -2.37. The second-order valence-corrected chi connectivity index (χ2v) is 3.58. The lowest BCUT2D eigenvalue weighted by molar-refractivity contribution is -0.195. The Kier molecular flexibility index (Phi) is 2.90. The van der Waals surface area contributed by atoms with Crippen LogP contribution in [0.1, 0.15) is 26.7 Å². The van der Waals surface area contributed by atoms with Crippen LogP contribution in [0.5, 0.6) is 0 Å². The third-order valence-electron chi connectivity index (χ3n) is 2.31. The van der Waals surface area contributed by atoms with Crippen LogP contribution in [0.4, 0.5) is 0 Å². The highest BCUT2D eigenvalue weighted by Gasteiger charge is 2.46. The summed E-state index contributed by atoms with van der Waals surface area (Å²) in [5.74, 6) is 4.01. The van der Waals surface area contributed by atoms with Crippen molar-refractivity contribution in [3.8, 4) is 0 Å². The molecule has 0 bridgehead atoms. The molecule has 76 valence electrons. The minimum Gasteiger partial charge on any atom is -0.479 e. The fourth-order valence-corrected chi connectivity index (χ4v) is 1.83. The molecule has 1 heterocycles. The molecule has 0 aromatic heterocycles. The molecule has 0 aliphatic carbocycles. The number of ether oxygens (including phenoxy) is 1. The molecule has 0 unspecified atom stereocenters. The molecule has 5 heteroatoms. The average Bonchev–Trinajstić information content (AvgIpc) is 2.02. The second kappa shape index (κ2) is 3.61. The van der Waals surface area contributed by atoms with E-state index in [-0.39, 0.29) is 12.2 Å². The minimum atomic E-state index is -1.27. The smallest absolute Gasteiger partial charge is 0.338 e. The first kappa shape index (κ1) is 10.4. The van der Waals surface area contributed by atoms with Gasteiger partial charge in [0.2, 0.25) is 0 Å². The van der Waals surface area contributed by atoms with Gasteiger partial charge >= 0.3 is 5.97 Å². The molecule has 1 rings (SSSR count). The van der Waals surface area contributed by atoms with Crippen LogP contribution in [-0.4, -0.2) is 28.9 Å². The maximum absolute atomic E-state index is 10.9. The fraction of sp³-hybridized carbons (Fsp3) is 0.875. The zero-order chi connectivity index (χ0) is 10.1. The first-order valence-electron chi connectivity index (χ1n) is 4.27. The highest BCUT2D eigenvalue weighted by atomic mass is 16.7. The van der Waals surface area contributed by atoms with E-state index in [0.717, 1.165) is 0 Å². The van der Waals surface area contributed by atoms with Crippen LogP contribution in [0.15, 0.2) is 0 Å². The van der Waals surface area contributed by atoms with E-state index >= 15 is 0 Å². The predicted octanol–water partition coefficient (Wildman–Crippen LogP) is 0.287. The minimum absolute atomic E-state index is 0.136. The largest absolute Gasteiger partial charge is 0.479 e. The van der Waals surface area contributed by atoms with Crippen molar-refractivity contribution in [2.24, 2.45) is 5.90 Å². The number of carbonyl (C=O) groups is 1. The normalized spacial score (nSPS) is 40.2. The molecule has 1 saturated heterocycles. The first-order chi connectivity index (χ1) is 6.00. The Morgan fingerprint density at radius 2 is 2.00 bits per heavy atom. The molecule has 1 aliphatic heterocycles. The van der Waals surface area contributed by atoms with Crippen molar-refractivity contribution >= 4 is 5.97 Å². The highest BCUT2D eigenvalue weighted by molar-refractivity contribution is 5.77. The van der Waals surface area contributed by atoms with E-state index in [1.54, 1.807) is 0 Å². The Morgan fingerprint density at radius 3 is 2.31 bits per heavy atom. The van der Waals surface area contributed by atoms with Crippen LogP contribution >= 0.6 is 0 Å². The Morgan fingerprint density at radius 1 is 1.54 bits per heavy atom. The molecule has 2 atom stereocenters. The SMILES string of the molecule is C[C@@H]1CC(ON)(C(=O)O)C[C@@H](C)O1. The van der Waals surface area contributed by atoms with Gasteiger partial charge in [-0.05, 0) is 13.8 Å². The number of rotatable bonds is 2. The summed E-state index contributed by atoms with van der Waals surface area (Å²) in [5, 5.41) is 8.96. The Labute approximate surface area is 76.8 Å². The van der Waals surface area contributed by atoms with Crippen LogP contribution in [0.25, 0.3) is 0 Å². The van der Waals surface area contributed by atoms with Crippen molar-refractivity contribution in [2.75, 3.05) is 0 Å². The third-order valence-corrected chi connectivity index (χ3v) is 2.31. The van der Waals surface area contributed by atoms with Gasteiger partial charge in [-0.15, -0.1) is 0 Å². The Bertz CT molecular complexity index is 196. The summed E-state index contributed by atoms with van der Waals surface area (Å²) in [7, 11) is 0. The lowest BCUT2D eigenvalue weighted by Crippen LogP contribution is -2.52. The Balaban J connectivity index is 2.80. The monoisotopic (exact) mass is 189 g/mol. The molecule has 0 spiro atoms. The maximum Gasteiger partial charge on any atom is 0.338 e. The number of carboxylic acids is 1. The molecule has 3 N–H and O–H groups in total. The Hall–Kier alpha value is -0.650. The van der Waals surface area contributed by atoms with Gasteiger partial charge in [0.1, 0.15) is 0 Å². The van der Waals surface area contributed by atoms with Crippen LogP contribution in [0, 0.1) is 0 Å². The summed E-state index contributed by atoms with van der Waals surface area (Å²) < 4.78 is 5.39. The molecular formula is C8H15NO4. The third kappa shape index (κ3) is 1.99. The van der Waals surface area contributed by atoms with E-state index in [2.05, 4.69) is 4.84 Å². The highest BCUT2D eigenvalue weighted by Crippen LogP contribution is 2.31. The molecule has 13 heavy (non-hydrogen) atoms. The van der Waals surface area contributed by atoms with Gasteiger partial charge in [0, 0.05) is 12.8 Å². The van der Waals surface area contributed by atoms with Crippen molar-refractivity contribution in [1.29, 1.82) is 0 Å². The van der Waals surface area contributed by atoms with E-state index in [4.69, 9.17) is 15.7 Å².